The van der Waals surface area contributed by atoms with Crippen LogP contribution in [-0.4, -0.2) is 31.4 Å². The number of nitrogens with zero attached hydrogens (tertiary/aromatic N) is 5. The molecular weight excluding hydrogens is 278 g/mol. The maximum atomic E-state index is 4.38. The van der Waals surface area contributed by atoms with Crippen LogP contribution in [0, 0.1) is 0 Å². The molecule has 0 aliphatic heterocycles. The van der Waals surface area contributed by atoms with Crippen molar-refractivity contribution in [2.45, 2.75) is 0 Å². The van der Waals surface area contributed by atoms with E-state index in [0.717, 1.165) is 22.0 Å². The van der Waals surface area contributed by atoms with E-state index in [0.29, 0.717) is 11.6 Å². The highest BCUT2D eigenvalue weighted by Gasteiger charge is 2.07. The largest absolute Gasteiger partial charge is 0.338 e. The van der Waals surface area contributed by atoms with Gasteiger partial charge in [-0.15, -0.1) is 10.2 Å². The van der Waals surface area contributed by atoms with Crippen LogP contribution >= 0.6 is 0 Å². The lowest BCUT2D eigenvalue weighted by Gasteiger charge is -1.97. The lowest BCUT2D eigenvalue weighted by Crippen LogP contribution is -1.98. The van der Waals surface area contributed by atoms with Crippen molar-refractivity contribution >= 4 is 34.2 Å². The van der Waals surface area contributed by atoms with Gasteiger partial charge in [-0.05, 0) is 23.8 Å². The number of pyridine rings is 1. The van der Waals surface area contributed by atoms with Crippen molar-refractivity contribution in [2.24, 2.45) is 5.10 Å². The van der Waals surface area contributed by atoms with Gasteiger partial charge in [0.05, 0.1) is 6.21 Å². The lowest BCUT2D eigenvalue weighted by molar-refractivity contribution is 1.01. The number of benzene rings is 1. The molecule has 22 heavy (non-hydrogen) atoms. The van der Waals surface area contributed by atoms with E-state index in [1.54, 1.807) is 18.6 Å². The fraction of sp³-hybridized carbons (Fsp3) is 0. The van der Waals surface area contributed by atoms with Gasteiger partial charge < -0.3 is 4.98 Å². The van der Waals surface area contributed by atoms with E-state index >= 15 is 0 Å². The van der Waals surface area contributed by atoms with Gasteiger partial charge in [-0.3, -0.25) is 4.98 Å². The Morgan fingerprint density at radius 1 is 1.05 bits per heavy atom. The van der Waals surface area contributed by atoms with Gasteiger partial charge in [0.15, 0.2) is 5.65 Å². The molecule has 0 amide bonds. The third-order valence-electron chi connectivity index (χ3n) is 3.21. The first-order valence-corrected chi connectivity index (χ1v) is 6.70. The summed E-state index contributed by atoms with van der Waals surface area (Å²) >= 11 is 0. The van der Waals surface area contributed by atoms with Crippen LogP contribution in [0.2, 0.25) is 0 Å². The molecule has 0 aliphatic rings. The molecule has 0 spiro atoms. The van der Waals surface area contributed by atoms with Gasteiger partial charge in [0.2, 0.25) is 0 Å². The number of nitrogens with one attached hydrogen (secondary N) is 2. The number of H-pyrrole nitrogens is 1. The van der Waals surface area contributed by atoms with Gasteiger partial charge in [-0.2, -0.15) is 10.1 Å². The number of para-hydroxylation sites is 1. The van der Waals surface area contributed by atoms with E-state index in [1.807, 2.05) is 36.4 Å². The standard InChI is InChI=1S/C15H11N7/c1-2-4-12-11(3-1)13-14(18-12)19-15(22-20-13)21-17-9-10-5-7-16-8-6-10/h1-9H,(H2,18,19,21,22)/b17-9+. The average molecular weight is 289 g/mol. The summed E-state index contributed by atoms with van der Waals surface area (Å²) in [5.74, 6) is 0.337. The van der Waals surface area contributed by atoms with E-state index in [2.05, 4.69) is 35.7 Å². The molecule has 4 aromatic rings. The van der Waals surface area contributed by atoms with Crippen molar-refractivity contribution in [3.8, 4) is 0 Å². The third-order valence-corrected chi connectivity index (χ3v) is 3.21. The molecule has 0 aliphatic carbocycles. The van der Waals surface area contributed by atoms with E-state index < -0.39 is 0 Å². The van der Waals surface area contributed by atoms with Crippen molar-refractivity contribution in [1.29, 1.82) is 0 Å². The van der Waals surface area contributed by atoms with Gasteiger partial charge in [0.25, 0.3) is 5.95 Å². The minimum Gasteiger partial charge on any atom is -0.338 e. The number of hydrogen-bond donors (Lipinski definition) is 2. The number of anilines is 1. The first-order valence-electron chi connectivity index (χ1n) is 6.70. The Hall–Kier alpha value is -3.35. The summed E-state index contributed by atoms with van der Waals surface area (Å²) in [6, 6.07) is 11.6. The summed E-state index contributed by atoms with van der Waals surface area (Å²) < 4.78 is 0. The summed E-state index contributed by atoms with van der Waals surface area (Å²) in [4.78, 5) is 11.5. The summed E-state index contributed by atoms with van der Waals surface area (Å²) in [6.45, 7) is 0. The molecule has 4 rings (SSSR count). The summed E-state index contributed by atoms with van der Waals surface area (Å²) in [5, 5.41) is 13.3. The van der Waals surface area contributed by atoms with E-state index in [-0.39, 0.29) is 0 Å². The molecule has 3 aromatic heterocycles. The lowest BCUT2D eigenvalue weighted by atomic mass is 10.2. The second-order valence-electron chi connectivity index (χ2n) is 4.65. The summed E-state index contributed by atoms with van der Waals surface area (Å²) in [7, 11) is 0. The Kier molecular flexibility index (Phi) is 2.93. The quantitative estimate of drug-likeness (QED) is 0.446. The normalized spacial score (nSPS) is 11.5. The molecule has 0 unspecified atom stereocenters. The van der Waals surface area contributed by atoms with Crippen LogP contribution in [-0.2, 0) is 0 Å². The molecule has 106 valence electrons. The van der Waals surface area contributed by atoms with Crippen LogP contribution in [0.4, 0.5) is 5.95 Å². The van der Waals surface area contributed by atoms with Crippen molar-refractivity contribution in [3.05, 3.63) is 54.4 Å². The molecule has 7 nitrogen and oxygen atoms in total. The summed E-state index contributed by atoms with van der Waals surface area (Å²) in [6.07, 6.45) is 5.08. The minimum atomic E-state index is 0.337. The number of aromatic amines is 1. The highest BCUT2D eigenvalue weighted by atomic mass is 15.4. The maximum absolute atomic E-state index is 4.38. The molecule has 1 aromatic carbocycles. The zero-order valence-electron chi connectivity index (χ0n) is 11.4. The van der Waals surface area contributed by atoms with Crippen LogP contribution in [0.3, 0.4) is 0 Å². The van der Waals surface area contributed by atoms with Gasteiger partial charge in [-0.25, -0.2) is 5.43 Å². The predicted molar refractivity (Wildman–Crippen MR) is 84.6 cm³/mol. The van der Waals surface area contributed by atoms with Crippen LogP contribution in [0.15, 0.2) is 53.9 Å². The molecule has 0 atom stereocenters. The monoisotopic (exact) mass is 289 g/mol. The first kappa shape index (κ1) is 12.4. The van der Waals surface area contributed by atoms with E-state index in [1.165, 1.54) is 0 Å². The average Bonchev–Trinajstić information content (AvgIpc) is 2.93. The van der Waals surface area contributed by atoms with E-state index in [9.17, 15) is 0 Å². The van der Waals surface area contributed by atoms with E-state index in [4.69, 9.17) is 0 Å². The molecular formula is C15H11N7. The molecule has 2 N–H and O–H groups in total. The van der Waals surface area contributed by atoms with Gasteiger partial charge in [0.1, 0.15) is 5.52 Å². The SMILES string of the molecule is C(=N\Nc1nnc2c(n1)[nH]c1ccccc12)/c1ccncc1. The second-order valence-corrected chi connectivity index (χ2v) is 4.65. The van der Waals surface area contributed by atoms with Crippen molar-refractivity contribution in [3.63, 3.8) is 0 Å². The van der Waals surface area contributed by atoms with Gasteiger partial charge >= 0.3 is 0 Å². The summed E-state index contributed by atoms with van der Waals surface area (Å²) in [5.41, 5.74) is 6.12. The highest BCUT2D eigenvalue weighted by Crippen LogP contribution is 2.21. The molecule has 0 bridgehead atoms. The number of rotatable bonds is 3. The Morgan fingerprint density at radius 3 is 2.82 bits per heavy atom. The Bertz CT molecular complexity index is 959. The second kappa shape index (κ2) is 5.21. The molecule has 7 heteroatoms. The third kappa shape index (κ3) is 2.24. The molecule has 0 fully saturated rings. The Morgan fingerprint density at radius 2 is 1.91 bits per heavy atom. The van der Waals surface area contributed by atoms with Crippen molar-refractivity contribution in [1.82, 2.24) is 25.1 Å². The predicted octanol–water partition coefficient (Wildman–Crippen LogP) is 2.35. The highest BCUT2D eigenvalue weighted by molar-refractivity contribution is 6.03. The zero-order valence-corrected chi connectivity index (χ0v) is 11.4. The zero-order chi connectivity index (χ0) is 14.8. The van der Waals surface area contributed by atoms with Crippen molar-refractivity contribution in [2.75, 3.05) is 5.43 Å². The maximum Gasteiger partial charge on any atom is 0.265 e. The van der Waals surface area contributed by atoms with Crippen LogP contribution in [0.25, 0.3) is 22.1 Å². The number of hydrogen-bond acceptors (Lipinski definition) is 6. The number of aromatic nitrogens is 5. The topological polar surface area (TPSA) is 91.7 Å². The van der Waals surface area contributed by atoms with Crippen molar-refractivity contribution < 1.29 is 0 Å². The fourth-order valence-corrected chi connectivity index (χ4v) is 2.18. The van der Waals surface area contributed by atoms with Crippen LogP contribution in [0.1, 0.15) is 5.56 Å². The number of hydrazone groups is 1. The molecule has 0 saturated carbocycles. The van der Waals surface area contributed by atoms with Crippen LogP contribution in [0.5, 0.6) is 0 Å². The van der Waals surface area contributed by atoms with Gasteiger partial charge in [-0.1, -0.05) is 18.2 Å². The minimum absolute atomic E-state index is 0.337. The van der Waals surface area contributed by atoms with Gasteiger partial charge in [0, 0.05) is 23.3 Å². The fourth-order valence-electron chi connectivity index (χ4n) is 2.18. The smallest absolute Gasteiger partial charge is 0.265 e. The number of fused-ring (bicyclic) bond motifs is 3. The Balaban J connectivity index is 1.63. The molecule has 0 radical (unpaired) electrons. The molecule has 0 saturated heterocycles. The Labute approximate surface area is 125 Å². The van der Waals surface area contributed by atoms with Crippen LogP contribution < -0.4 is 5.43 Å². The molecule has 3 heterocycles. The first-order chi connectivity index (χ1) is 10.9.